The van der Waals surface area contributed by atoms with Crippen molar-refractivity contribution in [2.24, 2.45) is 0 Å². The predicted molar refractivity (Wildman–Crippen MR) is 412 cm³/mol. The molecule has 4 aliphatic rings. The minimum absolute atomic E-state index is 0.0299. The fourth-order valence-electron chi connectivity index (χ4n) is 13.0. The molecule has 3 aromatic heterocycles. The van der Waals surface area contributed by atoms with E-state index in [1.54, 1.807) is 42.5 Å². The van der Waals surface area contributed by atoms with E-state index < -0.39 is 12.1 Å². The van der Waals surface area contributed by atoms with Crippen LogP contribution in [0.3, 0.4) is 0 Å². The summed E-state index contributed by atoms with van der Waals surface area (Å²) in [6.45, 7) is 8.26. The molecule has 0 radical (unpaired) electrons. The number of anilines is 5. The SMILES string of the molecule is Cc1ccc(NC2C(=O)C(=O)C2NC2CCCC[C@H]2N2CCCCC2)cc1.Cc1cccc(C(=O)Nc2nc3ccccc3[nH]2)c1.Cc1cccc(C(=O)Nc2nc3ccccc3[nH]2)c1.O=C(Nc1cccc(CO)c1)C1=Cc2ccccc2C1.O=C(Nc1nc2ccccc2[nH]1)c1cccc(Cl)c1. The number of aliphatic hydroxyl groups is 1. The Balaban J connectivity index is 0.000000123. The van der Waals surface area contributed by atoms with Crippen LogP contribution in [0.25, 0.3) is 39.2 Å². The molecule has 9 aromatic carbocycles. The van der Waals surface area contributed by atoms with E-state index in [4.69, 9.17) is 16.7 Å². The van der Waals surface area contributed by atoms with Crippen LogP contribution in [0.5, 0.6) is 0 Å². The molecule has 4 atom stereocenters. The lowest BCUT2D eigenvalue weighted by Gasteiger charge is -2.45. The van der Waals surface area contributed by atoms with Gasteiger partial charge in [0, 0.05) is 57.2 Å². The monoisotopic (exact) mass is 1410 g/mol. The number of nitrogens with one attached hydrogen (secondary N) is 9. The lowest BCUT2D eigenvalue weighted by molar-refractivity contribution is -0.146. The fraction of sp³-hybridized carbons (Fsp3) is 0.217. The van der Waals surface area contributed by atoms with Crippen molar-refractivity contribution in [3.63, 3.8) is 0 Å². The zero-order valence-corrected chi connectivity index (χ0v) is 58.8. The van der Waals surface area contributed by atoms with E-state index in [9.17, 15) is 28.8 Å². The van der Waals surface area contributed by atoms with Crippen LogP contribution in [0.1, 0.15) is 109 Å². The number of fused-ring (bicyclic) bond motifs is 4. The number of imidazole rings is 3. The van der Waals surface area contributed by atoms with Gasteiger partial charge >= 0.3 is 0 Å². The Morgan fingerprint density at radius 3 is 1.51 bits per heavy atom. The van der Waals surface area contributed by atoms with Gasteiger partial charge in [0.05, 0.1) is 39.7 Å². The third-order valence-electron chi connectivity index (χ3n) is 18.4. The van der Waals surface area contributed by atoms with Gasteiger partial charge in [-0.25, -0.2) is 15.0 Å². The van der Waals surface area contributed by atoms with Crippen molar-refractivity contribution in [3.05, 3.63) is 279 Å². The minimum atomic E-state index is -0.441. The standard InChI is InChI=1S/C22H31N3O2.C17H15NO2.2C15H13N3O.C14H10ClN3O/c1-15-9-11-16(12-10-15)23-19-20(22(27)21(19)26)24-17-7-3-4-8-18(17)25-13-5-2-6-14-25;19-11-12-4-3-7-16(8-12)18-17(20)15-9-13-5-1-2-6-14(13)10-15;2*1-10-5-4-6-11(9-10)14(19)18-15-16-12-7-2-3-8-13(12)17-15;15-10-5-3-4-9(8-10)13(19)18-14-16-11-6-1-2-7-12(11)17-14/h9-12,17-20,23-24H,2-8,13-14H2,1H3;1-9,19H,10-11H2,(H,18,20);2*2-9H,1H3,(H2,16,17,18,19);1-8H,(H2,16,17,18,19)/t17?,18-,19?,20?;;;;/m1..../s1. The van der Waals surface area contributed by atoms with Gasteiger partial charge in [0.1, 0.15) is 12.1 Å². The van der Waals surface area contributed by atoms with Crippen molar-refractivity contribution in [1.29, 1.82) is 0 Å². The highest BCUT2D eigenvalue weighted by molar-refractivity contribution is 6.49. The molecule has 4 amide bonds. The number of para-hydroxylation sites is 6. The first kappa shape index (κ1) is 72.1. The number of aliphatic hydroxyl groups excluding tert-OH is 1. The fourth-order valence-corrected chi connectivity index (χ4v) is 13.2. The summed E-state index contributed by atoms with van der Waals surface area (Å²) in [5, 5.41) is 27.6. The van der Waals surface area contributed by atoms with Crippen molar-refractivity contribution in [2.75, 3.05) is 39.7 Å². The number of Topliss-reactive ketones (excluding diaryl/α,β-unsaturated/α-hetero) is 2. The summed E-state index contributed by atoms with van der Waals surface area (Å²) in [4.78, 5) is 97.6. The first-order valence-corrected chi connectivity index (χ1v) is 35.3. The topological polar surface area (TPSA) is 284 Å². The van der Waals surface area contributed by atoms with E-state index in [0.29, 0.717) is 63.7 Å². The van der Waals surface area contributed by atoms with Gasteiger partial charge in [0.2, 0.25) is 29.4 Å². The highest BCUT2D eigenvalue weighted by atomic mass is 35.5. The number of rotatable bonds is 14. The summed E-state index contributed by atoms with van der Waals surface area (Å²) < 4.78 is 0. The van der Waals surface area contributed by atoms with Gasteiger partial charge in [0.25, 0.3) is 23.6 Å². The Bertz CT molecular complexity index is 4670. The lowest BCUT2D eigenvalue weighted by atomic mass is 9.80. The Kier molecular flexibility index (Phi) is 23.8. The van der Waals surface area contributed by atoms with Gasteiger partial charge in [-0.2, -0.15) is 0 Å². The van der Waals surface area contributed by atoms with Gasteiger partial charge in [-0.05, 0) is 185 Å². The van der Waals surface area contributed by atoms with Crippen molar-refractivity contribution in [2.45, 2.75) is 103 Å². The molecule has 3 fully saturated rings. The van der Waals surface area contributed by atoms with Crippen LogP contribution in [-0.2, 0) is 27.4 Å². The molecule has 0 spiro atoms. The number of likely N-dealkylation sites (tertiary alicyclic amines) is 1. The molecule has 10 N–H and O–H groups in total. The number of halogens is 1. The number of aryl methyl sites for hydroxylation is 3. The van der Waals surface area contributed by atoms with Crippen molar-refractivity contribution in [3.8, 4) is 0 Å². The van der Waals surface area contributed by atoms with E-state index in [1.165, 1.54) is 62.7 Å². The number of piperidine rings is 1. The number of benzene rings is 9. The smallest absolute Gasteiger partial charge is 0.258 e. The minimum Gasteiger partial charge on any atom is -0.392 e. The van der Waals surface area contributed by atoms with Gasteiger partial charge in [-0.1, -0.05) is 163 Å². The van der Waals surface area contributed by atoms with Crippen molar-refractivity contribution < 1.29 is 33.9 Å². The molecular weight excluding hydrogens is 1330 g/mol. The van der Waals surface area contributed by atoms with Crippen molar-refractivity contribution in [1.82, 2.24) is 40.1 Å². The van der Waals surface area contributed by atoms with Crippen molar-refractivity contribution >= 4 is 115 Å². The second kappa shape index (κ2) is 34.3. The molecule has 528 valence electrons. The molecule has 21 heteroatoms. The molecule has 3 aliphatic carbocycles. The number of hydrogen-bond acceptors (Lipinski definition) is 13. The number of ketones is 2. The summed E-state index contributed by atoms with van der Waals surface area (Å²) in [6, 6.07) is 67.7. The number of nitrogens with zero attached hydrogens (tertiary/aromatic N) is 4. The summed E-state index contributed by atoms with van der Waals surface area (Å²) in [6.07, 6.45) is 11.2. The second-order valence-electron chi connectivity index (χ2n) is 26.2. The molecule has 20 nitrogen and oxygen atoms in total. The maximum atomic E-state index is 12.3. The van der Waals surface area contributed by atoms with Crippen LogP contribution in [0.2, 0.25) is 5.02 Å². The summed E-state index contributed by atoms with van der Waals surface area (Å²) in [7, 11) is 0. The Hall–Kier alpha value is -11.7. The molecule has 3 unspecified atom stereocenters. The van der Waals surface area contributed by atoms with Crippen LogP contribution in [0.15, 0.2) is 224 Å². The normalized spacial score (nSPS) is 16.6. The maximum Gasteiger partial charge on any atom is 0.258 e. The van der Waals surface area contributed by atoms with Gasteiger partial charge in [-0.3, -0.25) is 49.6 Å². The number of aromatic amines is 3. The van der Waals surface area contributed by atoms with Gasteiger partial charge in [0.15, 0.2) is 0 Å². The Labute approximate surface area is 607 Å². The number of hydrogen-bond donors (Lipinski definition) is 10. The summed E-state index contributed by atoms with van der Waals surface area (Å²) in [5.41, 5.74) is 15.6. The van der Waals surface area contributed by atoms with Crippen LogP contribution in [0.4, 0.5) is 29.2 Å². The number of amides is 4. The molecule has 1 saturated heterocycles. The first-order chi connectivity index (χ1) is 50.6. The molecule has 16 rings (SSSR count). The molecule has 104 heavy (non-hydrogen) atoms. The average Bonchev–Trinajstić information content (AvgIpc) is 1.22. The van der Waals surface area contributed by atoms with Gasteiger partial charge < -0.3 is 36.0 Å². The largest absolute Gasteiger partial charge is 0.392 e. The quantitative estimate of drug-likeness (QED) is 0.0454. The second-order valence-corrected chi connectivity index (χ2v) is 26.6. The number of H-pyrrole nitrogens is 3. The predicted octanol–water partition coefficient (Wildman–Crippen LogP) is 15.2. The first-order valence-electron chi connectivity index (χ1n) is 34.9. The molecule has 0 bridgehead atoms. The average molecular weight is 1410 g/mol. The Morgan fingerprint density at radius 2 is 0.981 bits per heavy atom. The molecule has 2 saturated carbocycles. The third kappa shape index (κ3) is 18.9. The Morgan fingerprint density at radius 1 is 0.481 bits per heavy atom. The zero-order valence-electron chi connectivity index (χ0n) is 58.0. The third-order valence-corrected chi connectivity index (χ3v) is 18.7. The molecule has 12 aromatic rings. The summed E-state index contributed by atoms with van der Waals surface area (Å²) >= 11 is 5.85. The maximum absolute atomic E-state index is 12.3. The van der Waals surface area contributed by atoms with Gasteiger partial charge in [-0.15, -0.1) is 0 Å². The van der Waals surface area contributed by atoms with E-state index >= 15 is 0 Å². The molecule has 4 heterocycles. The summed E-state index contributed by atoms with van der Waals surface area (Å²) in [5.74, 6) is 0.135. The zero-order chi connectivity index (χ0) is 72.5. The van der Waals surface area contributed by atoms with Crippen LogP contribution < -0.4 is 31.9 Å². The number of carbonyl (C=O) groups excluding carboxylic acids is 6. The van der Waals surface area contributed by atoms with E-state index in [-0.39, 0.29) is 41.8 Å². The highest BCUT2D eigenvalue weighted by Crippen LogP contribution is 2.30. The number of aromatic nitrogens is 6. The van der Waals surface area contributed by atoms with E-state index in [2.05, 4.69) is 66.7 Å². The van der Waals surface area contributed by atoms with E-state index in [0.717, 1.165) is 73.0 Å². The molecular formula is C83H82ClN13O7. The molecule has 1 aliphatic heterocycles. The lowest BCUT2D eigenvalue weighted by Crippen LogP contribution is -2.70. The highest BCUT2D eigenvalue weighted by Gasteiger charge is 2.51. The number of carbonyl (C=O) groups is 6. The van der Waals surface area contributed by atoms with Crippen LogP contribution in [0, 0.1) is 20.8 Å². The van der Waals surface area contributed by atoms with Crippen LogP contribution in [-0.4, -0.2) is 112 Å². The van der Waals surface area contributed by atoms with E-state index in [1.807, 2.05) is 203 Å². The van der Waals surface area contributed by atoms with Crippen LogP contribution >= 0.6 is 11.6 Å².